The maximum Gasteiger partial charge on any atom is 0.350 e. The van der Waals surface area contributed by atoms with Gasteiger partial charge >= 0.3 is 5.97 Å². The molecule has 0 saturated carbocycles. The summed E-state index contributed by atoms with van der Waals surface area (Å²) >= 11 is 4.69. The number of carbonyl (C=O) groups excluding carboxylic acids is 1. The normalized spacial score (nSPS) is 12.5. The van der Waals surface area contributed by atoms with Crippen LogP contribution in [0.4, 0.5) is 0 Å². The molecule has 24 heavy (non-hydrogen) atoms. The lowest BCUT2D eigenvalue weighted by molar-refractivity contribution is -0.138. The number of aliphatic imine (C=N–C) groups is 1. The highest BCUT2D eigenvalue weighted by molar-refractivity contribution is 9.10. The molecule has 1 N–H and O–H groups in total. The topological polar surface area (TPSA) is 86.8 Å². The number of esters is 1. The van der Waals surface area contributed by atoms with Crippen molar-refractivity contribution in [3.05, 3.63) is 46.1 Å². The summed E-state index contributed by atoms with van der Waals surface area (Å²) in [5, 5.41) is 13.7. The van der Waals surface area contributed by atoms with Gasteiger partial charge in [-0.1, -0.05) is 39.8 Å². The fraction of sp³-hybridized carbons (Fsp3) is 0.250. The highest BCUT2D eigenvalue weighted by Crippen LogP contribution is 2.11. The predicted molar refractivity (Wildman–Crippen MR) is 101 cm³/mol. The Kier molecular flexibility index (Phi) is 8.83. The number of carbonyl (C=O) groups is 1. The first-order valence-corrected chi connectivity index (χ1v) is 8.99. The number of hydrogen-bond donors (Lipinski definition) is 1. The number of nitrogens with zero attached hydrogens (tertiary/aromatic N) is 3. The van der Waals surface area contributed by atoms with Gasteiger partial charge < -0.3 is 4.74 Å². The van der Waals surface area contributed by atoms with Gasteiger partial charge in [0.25, 0.3) is 0 Å². The smallest absolute Gasteiger partial charge is 0.350 e. The lowest BCUT2D eigenvalue weighted by atomic mass is 10.1. The minimum atomic E-state index is -0.696. The number of rotatable bonds is 5. The molecule has 0 aromatic heterocycles. The molecule has 1 aromatic carbocycles. The Morgan fingerprint density at radius 1 is 1.46 bits per heavy atom. The Morgan fingerprint density at radius 2 is 2.12 bits per heavy atom. The minimum Gasteiger partial charge on any atom is -0.462 e. The largest absolute Gasteiger partial charge is 0.462 e. The summed E-state index contributed by atoms with van der Waals surface area (Å²) in [6.07, 6.45) is 2.97. The van der Waals surface area contributed by atoms with E-state index in [2.05, 4.69) is 31.4 Å². The molecule has 0 aliphatic heterocycles. The molecule has 0 atom stereocenters. The van der Waals surface area contributed by atoms with Gasteiger partial charge in [-0.25, -0.2) is 9.79 Å². The molecule has 8 heteroatoms. The molecule has 0 fully saturated rings. The summed E-state index contributed by atoms with van der Waals surface area (Å²) in [6.45, 7) is 3.74. The van der Waals surface area contributed by atoms with Gasteiger partial charge in [-0.15, -0.1) is 0 Å². The van der Waals surface area contributed by atoms with Gasteiger partial charge in [0.2, 0.25) is 0 Å². The highest BCUT2D eigenvalue weighted by Gasteiger charge is 2.09. The van der Waals surface area contributed by atoms with E-state index in [1.807, 2.05) is 31.2 Å². The Balaban J connectivity index is 2.86. The Morgan fingerprint density at radius 3 is 2.67 bits per heavy atom. The first-order valence-electron chi connectivity index (χ1n) is 6.97. The molecule has 0 spiro atoms. The zero-order valence-electron chi connectivity index (χ0n) is 13.5. The Bertz CT molecular complexity index is 706. The predicted octanol–water partition coefficient (Wildman–Crippen LogP) is 3.45. The molecular weight excluding hydrogens is 392 g/mol. The molecule has 0 amide bonds. The van der Waals surface area contributed by atoms with Gasteiger partial charge in [0, 0.05) is 4.47 Å². The fourth-order valence-electron chi connectivity index (χ4n) is 1.47. The van der Waals surface area contributed by atoms with Crippen molar-refractivity contribution in [2.75, 3.05) is 12.9 Å². The summed E-state index contributed by atoms with van der Waals surface area (Å²) < 4.78 is 5.76. The lowest BCUT2D eigenvalue weighted by Crippen LogP contribution is -2.16. The van der Waals surface area contributed by atoms with Gasteiger partial charge in [0.1, 0.15) is 6.07 Å². The summed E-state index contributed by atoms with van der Waals surface area (Å²) in [7, 11) is 0. The van der Waals surface area contributed by atoms with Crippen LogP contribution in [0, 0.1) is 11.3 Å². The number of benzene rings is 1. The number of nitriles is 1. The van der Waals surface area contributed by atoms with E-state index in [0.29, 0.717) is 5.17 Å². The molecule has 6 nitrogen and oxygen atoms in total. The number of nitrogens with one attached hydrogen (secondary N) is 1. The van der Waals surface area contributed by atoms with E-state index in [1.54, 1.807) is 19.2 Å². The van der Waals surface area contributed by atoms with Crippen molar-refractivity contribution in [2.24, 2.45) is 10.1 Å². The van der Waals surface area contributed by atoms with Crippen LogP contribution in [0.5, 0.6) is 0 Å². The number of amidine groups is 1. The van der Waals surface area contributed by atoms with E-state index in [-0.39, 0.29) is 12.2 Å². The van der Waals surface area contributed by atoms with E-state index < -0.39 is 5.97 Å². The number of ether oxygens (including phenoxy) is 1. The molecule has 0 aliphatic rings. The van der Waals surface area contributed by atoms with E-state index >= 15 is 0 Å². The number of thioether (sulfide) groups is 1. The van der Waals surface area contributed by atoms with E-state index in [1.165, 1.54) is 18.0 Å². The van der Waals surface area contributed by atoms with Crippen LogP contribution in [-0.2, 0) is 9.53 Å². The zero-order valence-corrected chi connectivity index (χ0v) is 15.9. The van der Waals surface area contributed by atoms with Crippen LogP contribution in [0.3, 0.4) is 0 Å². The number of halogens is 1. The molecule has 0 saturated heterocycles. The van der Waals surface area contributed by atoms with E-state index in [4.69, 9.17) is 10.00 Å². The van der Waals surface area contributed by atoms with Crippen molar-refractivity contribution in [3.63, 3.8) is 0 Å². The second kappa shape index (κ2) is 10.6. The fourth-order valence-corrected chi connectivity index (χ4v) is 2.03. The maximum atomic E-state index is 11.5. The van der Waals surface area contributed by atoms with Crippen LogP contribution >= 0.6 is 27.7 Å². The molecule has 0 heterocycles. The molecular formula is C16H17BrN4O2S. The maximum absolute atomic E-state index is 11.5. The zero-order chi connectivity index (χ0) is 17.9. The third-order valence-electron chi connectivity index (χ3n) is 2.70. The highest BCUT2D eigenvalue weighted by atomic mass is 79.9. The summed E-state index contributed by atoms with van der Waals surface area (Å²) in [5.41, 5.74) is 4.39. The van der Waals surface area contributed by atoms with Crippen LogP contribution < -0.4 is 5.43 Å². The molecule has 1 rings (SSSR count). The van der Waals surface area contributed by atoms with Crippen molar-refractivity contribution < 1.29 is 9.53 Å². The molecule has 1 aromatic rings. The van der Waals surface area contributed by atoms with E-state index in [9.17, 15) is 4.79 Å². The SMILES string of the molecule is CCOC(=O)/C(C#N)=C/N=C(N/N=C(/C)c1ccc(Br)cc1)SC. The van der Waals surface area contributed by atoms with Crippen molar-refractivity contribution in [3.8, 4) is 6.07 Å². The number of hydrogen-bond acceptors (Lipinski definition) is 6. The quantitative estimate of drug-likeness (QED) is 0.201. The van der Waals surface area contributed by atoms with Gasteiger partial charge in [0.05, 0.1) is 18.5 Å². The van der Waals surface area contributed by atoms with Gasteiger partial charge in [0.15, 0.2) is 10.7 Å². The van der Waals surface area contributed by atoms with Gasteiger partial charge in [-0.05, 0) is 37.8 Å². The number of hydrazone groups is 1. The summed E-state index contributed by atoms with van der Waals surface area (Å²) in [6, 6.07) is 9.50. The molecule has 0 unspecified atom stereocenters. The molecule has 0 bridgehead atoms. The molecule has 126 valence electrons. The molecule has 0 aliphatic carbocycles. The van der Waals surface area contributed by atoms with Crippen molar-refractivity contribution in [1.82, 2.24) is 5.43 Å². The lowest BCUT2D eigenvalue weighted by Gasteiger charge is -2.04. The van der Waals surface area contributed by atoms with Crippen LogP contribution in [0.1, 0.15) is 19.4 Å². The third kappa shape index (κ3) is 6.56. The Hall–Kier alpha value is -2.11. The van der Waals surface area contributed by atoms with Crippen molar-refractivity contribution >= 4 is 44.5 Å². The second-order valence-electron chi connectivity index (χ2n) is 4.33. The van der Waals surface area contributed by atoms with Crippen LogP contribution in [0.15, 0.2) is 50.6 Å². The summed E-state index contributed by atoms with van der Waals surface area (Å²) in [5.74, 6) is -0.696. The Labute approximate surface area is 153 Å². The minimum absolute atomic E-state index is 0.168. The molecule has 0 radical (unpaired) electrons. The van der Waals surface area contributed by atoms with Crippen molar-refractivity contribution in [2.45, 2.75) is 13.8 Å². The van der Waals surface area contributed by atoms with Gasteiger partial charge in [-0.2, -0.15) is 10.4 Å². The average molecular weight is 409 g/mol. The van der Waals surface area contributed by atoms with Gasteiger partial charge in [-0.3, -0.25) is 5.43 Å². The standard InChI is InChI=1S/C16H17BrN4O2S/c1-4-23-15(22)13(9-18)10-19-16(24-3)21-20-11(2)12-5-7-14(17)8-6-12/h5-8,10H,4H2,1-3H3,(H,19,21)/b13-10+,20-11-. The summed E-state index contributed by atoms with van der Waals surface area (Å²) in [4.78, 5) is 15.6. The first-order chi connectivity index (χ1) is 11.5. The monoisotopic (exact) mass is 408 g/mol. The van der Waals surface area contributed by atoms with Crippen LogP contribution in [-0.4, -0.2) is 29.7 Å². The second-order valence-corrected chi connectivity index (χ2v) is 6.04. The van der Waals surface area contributed by atoms with Crippen LogP contribution in [0.2, 0.25) is 0 Å². The first kappa shape index (κ1) is 19.9. The average Bonchev–Trinajstić information content (AvgIpc) is 2.58. The van der Waals surface area contributed by atoms with Crippen LogP contribution in [0.25, 0.3) is 0 Å². The van der Waals surface area contributed by atoms with Crippen molar-refractivity contribution in [1.29, 1.82) is 5.26 Å². The van der Waals surface area contributed by atoms with E-state index in [0.717, 1.165) is 15.7 Å². The third-order valence-corrected chi connectivity index (χ3v) is 3.81.